The summed E-state index contributed by atoms with van der Waals surface area (Å²) in [5.74, 6) is 1.20. The van der Waals surface area contributed by atoms with Crippen molar-refractivity contribution < 1.29 is 5.11 Å². The lowest BCUT2D eigenvalue weighted by Gasteiger charge is -2.10. The van der Waals surface area contributed by atoms with Gasteiger partial charge in [0, 0.05) is 13.1 Å². The van der Waals surface area contributed by atoms with Crippen molar-refractivity contribution in [2.75, 3.05) is 17.6 Å². The van der Waals surface area contributed by atoms with Crippen molar-refractivity contribution in [2.24, 2.45) is 0 Å². The predicted molar refractivity (Wildman–Crippen MR) is 82.0 cm³/mol. The van der Waals surface area contributed by atoms with Gasteiger partial charge in [-0.05, 0) is 37.5 Å². The molecule has 5 nitrogen and oxygen atoms in total. The van der Waals surface area contributed by atoms with Crippen molar-refractivity contribution in [3.63, 3.8) is 0 Å². The van der Waals surface area contributed by atoms with Gasteiger partial charge >= 0.3 is 0 Å². The third-order valence-electron chi connectivity index (χ3n) is 3.25. The molecule has 0 saturated heterocycles. The Morgan fingerprint density at radius 2 is 2.00 bits per heavy atom. The summed E-state index contributed by atoms with van der Waals surface area (Å²) >= 11 is 0. The van der Waals surface area contributed by atoms with Crippen LogP contribution in [0.1, 0.15) is 24.6 Å². The molecule has 1 aromatic carbocycles. The molecule has 0 aliphatic carbocycles. The van der Waals surface area contributed by atoms with Gasteiger partial charge in [0.15, 0.2) is 0 Å². The molecule has 0 bridgehead atoms. The Bertz CT molecular complexity index is 560. The lowest BCUT2D eigenvalue weighted by Crippen LogP contribution is -2.12. The zero-order chi connectivity index (χ0) is 14.5. The summed E-state index contributed by atoms with van der Waals surface area (Å²) in [4.78, 5) is 0. The van der Waals surface area contributed by atoms with Gasteiger partial charge in [-0.15, -0.1) is 0 Å². The molecule has 0 aliphatic heterocycles. The minimum atomic E-state index is 0.294. The Labute approximate surface area is 119 Å². The fraction of sp³-hybridized carbons (Fsp3) is 0.400. The number of phenolic OH excluding ortho intramolecular Hbond substituents is 1. The molecule has 0 aliphatic rings. The van der Waals surface area contributed by atoms with Crippen LogP contribution in [-0.2, 0) is 13.0 Å². The quantitative estimate of drug-likeness (QED) is 0.756. The molecule has 108 valence electrons. The van der Waals surface area contributed by atoms with Crippen LogP contribution in [0, 0.1) is 6.92 Å². The Morgan fingerprint density at radius 1 is 1.30 bits per heavy atom. The van der Waals surface area contributed by atoms with Crippen LogP contribution < -0.4 is 11.1 Å². The van der Waals surface area contributed by atoms with Crippen molar-refractivity contribution in [1.29, 1.82) is 0 Å². The largest absolute Gasteiger partial charge is 0.508 e. The summed E-state index contributed by atoms with van der Waals surface area (Å²) in [5, 5.41) is 17.0. The Hall–Kier alpha value is -2.17. The number of rotatable bonds is 6. The summed E-state index contributed by atoms with van der Waals surface area (Å²) in [6.07, 6.45) is 1.89. The summed E-state index contributed by atoms with van der Waals surface area (Å²) in [6, 6.07) is 7.26. The highest BCUT2D eigenvalue weighted by molar-refractivity contribution is 5.64. The first-order valence-corrected chi connectivity index (χ1v) is 6.96. The van der Waals surface area contributed by atoms with Gasteiger partial charge in [-0.2, -0.15) is 5.10 Å². The number of nitrogens with one attached hydrogen (secondary N) is 1. The monoisotopic (exact) mass is 274 g/mol. The second-order valence-electron chi connectivity index (χ2n) is 4.91. The van der Waals surface area contributed by atoms with Gasteiger partial charge in [-0.3, -0.25) is 0 Å². The number of aromatic nitrogens is 2. The van der Waals surface area contributed by atoms with Crippen LogP contribution in [0.5, 0.6) is 5.75 Å². The number of nitrogen functional groups attached to an aromatic ring is 1. The molecular weight excluding hydrogens is 252 g/mol. The first kappa shape index (κ1) is 14.2. The molecule has 1 aromatic heterocycles. The van der Waals surface area contributed by atoms with Gasteiger partial charge in [0.05, 0.1) is 11.4 Å². The van der Waals surface area contributed by atoms with Crippen molar-refractivity contribution in [3.05, 3.63) is 35.5 Å². The number of hydrogen-bond acceptors (Lipinski definition) is 4. The summed E-state index contributed by atoms with van der Waals surface area (Å²) in [5.41, 5.74) is 8.82. The molecule has 1 heterocycles. The van der Waals surface area contributed by atoms with Crippen molar-refractivity contribution >= 4 is 11.5 Å². The fourth-order valence-electron chi connectivity index (χ4n) is 2.14. The lowest BCUT2D eigenvalue weighted by molar-refractivity contribution is 0.475. The van der Waals surface area contributed by atoms with Crippen LogP contribution in [0.4, 0.5) is 11.5 Å². The molecule has 5 heteroatoms. The molecule has 0 radical (unpaired) electrons. The van der Waals surface area contributed by atoms with E-state index in [1.165, 1.54) is 5.56 Å². The van der Waals surface area contributed by atoms with Crippen molar-refractivity contribution in [1.82, 2.24) is 9.78 Å². The summed E-state index contributed by atoms with van der Waals surface area (Å²) < 4.78 is 1.93. The SMILES string of the molecule is CCCn1nc(C)c(N)c1NCCc1ccc(O)cc1. The fourth-order valence-corrected chi connectivity index (χ4v) is 2.14. The van der Waals surface area contributed by atoms with Crippen LogP contribution in [-0.4, -0.2) is 21.4 Å². The molecule has 2 rings (SSSR count). The van der Waals surface area contributed by atoms with Crippen LogP contribution >= 0.6 is 0 Å². The van der Waals surface area contributed by atoms with Crippen LogP contribution in [0.15, 0.2) is 24.3 Å². The zero-order valence-electron chi connectivity index (χ0n) is 12.1. The van der Waals surface area contributed by atoms with E-state index in [1.54, 1.807) is 12.1 Å². The number of aromatic hydroxyl groups is 1. The zero-order valence-corrected chi connectivity index (χ0v) is 12.1. The van der Waals surface area contributed by atoms with Gasteiger partial charge in [0.2, 0.25) is 0 Å². The Morgan fingerprint density at radius 3 is 2.65 bits per heavy atom. The number of aryl methyl sites for hydroxylation is 2. The van der Waals surface area contributed by atoms with E-state index in [-0.39, 0.29) is 0 Å². The minimum Gasteiger partial charge on any atom is -0.508 e. The first-order chi connectivity index (χ1) is 9.61. The molecular formula is C15H22N4O. The average molecular weight is 274 g/mol. The summed E-state index contributed by atoms with van der Waals surface area (Å²) in [6.45, 7) is 5.68. The topological polar surface area (TPSA) is 76.1 Å². The van der Waals surface area contributed by atoms with Crippen molar-refractivity contribution in [2.45, 2.75) is 33.2 Å². The smallest absolute Gasteiger partial charge is 0.148 e. The first-order valence-electron chi connectivity index (χ1n) is 6.96. The maximum absolute atomic E-state index is 9.25. The molecule has 0 atom stereocenters. The van der Waals surface area contributed by atoms with E-state index in [1.807, 2.05) is 23.7 Å². The molecule has 0 unspecified atom stereocenters. The number of phenols is 1. The highest BCUT2D eigenvalue weighted by atomic mass is 16.3. The normalized spacial score (nSPS) is 10.7. The number of anilines is 2. The number of benzene rings is 1. The van der Waals surface area contributed by atoms with E-state index < -0.39 is 0 Å². The van der Waals surface area contributed by atoms with Gasteiger partial charge in [0.25, 0.3) is 0 Å². The molecule has 4 N–H and O–H groups in total. The second-order valence-corrected chi connectivity index (χ2v) is 4.91. The maximum Gasteiger partial charge on any atom is 0.148 e. The molecule has 0 saturated carbocycles. The molecule has 0 spiro atoms. The molecule has 2 aromatic rings. The summed E-state index contributed by atoms with van der Waals surface area (Å²) in [7, 11) is 0. The van der Waals surface area contributed by atoms with E-state index >= 15 is 0 Å². The van der Waals surface area contributed by atoms with Crippen LogP contribution in [0.2, 0.25) is 0 Å². The molecule has 0 fully saturated rings. The Kier molecular flexibility index (Phi) is 4.50. The maximum atomic E-state index is 9.25. The third-order valence-corrected chi connectivity index (χ3v) is 3.25. The highest BCUT2D eigenvalue weighted by Crippen LogP contribution is 2.22. The van der Waals surface area contributed by atoms with E-state index in [0.29, 0.717) is 5.75 Å². The van der Waals surface area contributed by atoms with Crippen LogP contribution in [0.25, 0.3) is 0 Å². The number of hydrogen-bond donors (Lipinski definition) is 3. The van der Waals surface area contributed by atoms with Crippen molar-refractivity contribution in [3.8, 4) is 5.75 Å². The molecule has 0 amide bonds. The average Bonchev–Trinajstić information content (AvgIpc) is 2.69. The number of nitrogens with zero attached hydrogens (tertiary/aromatic N) is 2. The lowest BCUT2D eigenvalue weighted by atomic mass is 10.1. The minimum absolute atomic E-state index is 0.294. The van der Waals surface area contributed by atoms with Crippen LogP contribution in [0.3, 0.4) is 0 Å². The highest BCUT2D eigenvalue weighted by Gasteiger charge is 2.11. The standard InChI is InChI=1S/C15H22N4O/c1-3-10-19-15(14(16)11(2)18-19)17-9-8-12-4-6-13(20)7-5-12/h4-7,17,20H,3,8-10,16H2,1-2H3. The van der Waals surface area contributed by atoms with Gasteiger partial charge in [-0.25, -0.2) is 4.68 Å². The van der Waals surface area contributed by atoms with E-state index in [0.717, 1.165) is 43.1 Å². The predicted octanol–water partition coefficient (Wildman–Crippen LogP) is 2.54. The second kappa shape index (κ2) is 6.32. The number of nitrogens with two attached hydrogens (primary N) is 1. The van der Waals surface area contributed by atoms with E-state index in [2.05, 4.69) is 17.3 Å². The van der Waals surface area contributed by atoms with E-state index in [9.17, 15) is 5.11 Å². The van der Waals surface area contributed by atoms with Gasteiger partial charge in [-0.1, -0.05) is 19.1 Å². The molecule has 20 heavy (non-hydrogen) atoms. The van der Waals surface area contributed by atoms with Gasteiger partial charge in [0.1, 0.15) is 11.6 Å². The Balaban J connectivity index is 1.98. The van der Waals surface area contributed by atoms with Gasteiger partial charge < -0.3 is 16.2 Å². The third kappa shape index (κ3) is 3.23. The van der Waals surface area contributed by atoms with E-state index in [4.69, 9.17) is 5.73 Å².